The third-order valence-corrected chi connectivity index (χ3v) is 2.09. The third kappa shape index (κ3) is 17.3. The minimum Gasteiger partial charge on any atom is -0.358 e. The molecule has 1 heteroatoms. The summed E-state index contributed by atoms with van der Waals surface area (Å²) in [6, 6.07) is 8.71. The predicted octanol–water partition coefficient (Wildman–Crippen LogP) is 6.22. The van der Waals surface area contributed by atoms with Crippen LogP contribution >= 0.6 is 0 Å². The van der Waals surface area contributed by atoms with Crippen LogP contribution in [0.2, 0.25) is 0 Å². The van der Waals surface area contributed by atoms with E-state index in [9.17, 15) is 0 Å². The van der Waals surface area contributed by atoms with Crippen molar-refractivity contribution in [1.82, 2.24) is 0 Å². The van der Waals surface area contributed by atoms with Gasteiger partial charge in [0, 0.05) is 0 Å². The molecule has 1 aromatic rings. The van der Waals surface area contributed by atoms with E-state index in [-0.39, 0.29) is 41.8 Å². The Balaban J connectivity index is -0.0000000652. The molecule has 0 saturated heterocycles. The monoisotopic (exact) mass is 349 g/mol. The molecule has 0 aliphatic heterocycles. The zero-order valence-corrected chi connectivity index (χ0v) is 15.5. The summed E-state index contributed by atoms with van der Waals surface area (Å²) in [6.07, 6.45) is 1.72. The van der Waals surface area contributed by atoms with Gasteiger partial charge in [-0.2, -0.15) is 0 Å². The van der Waals surface area contributed by atoms with E-state index < -0.39 is 0 Å². The molecule has 0 fully saturated rings. The maximum absolute atomic E-state index is 3.56. The summed E-state index contributed by atoms with van der Waals surface area (Å²) in [6.45, 7) is 15.5. The number of hydrogen-bond donors (Lipinski definition) is 0. The van der Waals surface area contributed by atoms with Crippen LogP contribution in [0.4, 0.5) is 0 Å². The van der Waals surface area contributed by atoms with E-state index in [0.717, 1.165) is 5.57 Å². The van der Waals surface area contributed by atoms with Crippen LogP contribution in [0.25, 0.3) is 0 Å². The van der Waals surface area contributed by atoms with Crippen LogP contribution in [-0.4, -0.2) is 0 Å². The maximum atomic E-state index is 3.56. The van der Waals surface area contributed by atoms with Gasteiger partial charge in [-0.3, -0.25) is 0 Å². The van der Waals surface area contributed by atoms with Crippen LogP contribution in [-0.2, 0) is 19.5 Å². The smallest absolute Gasteiger partial charge is 0.358 e. The van der Waals surface area contributed by atoms with Gasteiger partial charge in [0.05, 0.1) is 0 Å². The number of allylic oxidation sites excluding steroid dienone is 2. The molecule has 0 N–H and O–H groups in total. The second kappa shape index (κ2) is 17.3. The summed E-state index contributed by atoms with van der Waals surface area (Å²) in [5.74, 6) is 0.653. The van der Waals surface area contributed by atoms with Crippen LogP contribution in [0, 0.1) is 29.2 Å². The Kier molecular flexibility index (Phi) is 28.2. The fraction of sp³-hybridized carbons (Fsp3) is 0.278. The van der Waals surface area contributed by atoms with Gasteiger partial charge in [-0.1, -0.05) is 68.5 Å². The van der Waals surface area contributed by atoms with E-state index in [4.69, 9.17) is 0 Å². The summed E-state index contributed by atoms with van der Waals surface area (Å²) >= 11 is 0. The summed E-state index contributed by atoms with van der Waals surface area (Å²) in [5, 5.41) is 0. The van der Waals surface area contributed by atoms with Gasteiger partial charge in [0.25, 0.3) is 0 Å². The molecular weight excluding hydrogens is 317 g/mol. The molecule has 0 amide bonds. The fourth-order valence-electron chi connectivity index (χ4n) is 0.951. The molecule has 0 aromatic heterocycles. The first-order valence-electron chi connectivity index (χ1n) is 5.32. The van der Waals surface area contributed by atoms with Gasteiger partial charge in [-0.15, -0.1) is 0 Å². The van der Waals surface area contributed by atoms with Crippen LogP contribution in [0.15, 0.2) is 49.1 Å². The Morgan fingerprint density at radius 1 is 1.05 bits per heavy atom. The van der Waals surface area contributed by atoms with Gasteiger partial charge in [0.1, 0.15) is 0 Å². The molecule has 1 rings (SSSR count). The first-order valence-corrected chi connectivity index (χ1v) is 5.32. The number of aryl methyl sites for hydroxylation is 1. The molecule has 0 spiro atoms. The Morgan fingerprint density at radius 3 is 1.58 bits per heavy atom. The molecule has 0 heterocycles. The average molecular weight is 349 g/mol. The zero-order chi connectivity index (χ0) is 11.8. The van der Waals surface area contributed by atoms with E-state index in [1.54, 1.807) is 6.08 Å². The van der Waals surface area contributed by atoms with E-state index in [2.05, 4.69) is 58.2 Å². The molecule has 0 aliphatic carbocycles. The van der Waals surface area contributed by atoms with Gasteiger partial charge >= 0.3 is 19.5 Å². The average Bonchev–Trinajstić information content (AvgIpc) is 2.19. The van der Waals surface area contributed by atoms with Crippen molar-refractivity contribution in [1.29, 1.82) is 0 Å². The van der Waals surface area contributed by atoms with Gasteiger partial charge in [-0.25, -0.2) is 0 Å². The number of benzene rings is 1. The van der Waals surface area contributed by atoms with Crippen LogP contribution in [0.3, 0.4) is 0 Å². The van der Waals surface area contributed by atoms with Crippen molar-refractivity contribution in [3.63, 3.8) is 0 Å². The van der Waals surface area contributed by atoms with Crippen molar-refractivity contribution >= 4 is 0 Å². The van der Waals surface area contributed by atoms with Crippen molar-refractivity contribution < 1.29 is 19.5 Å². The Labute approximate surface area is 135 Å². The van der Waals surface area contributed by atoms with Crippen molar-refractivity contribution in [2.24, 2.45) is 0 Å². The van der Waals surface area contributed by atoms with Crippen molar-refractivity contribution in [3.05, 3.63) is 82.5 Å². The van der Waals surface area contributed by atoms with E-state index >= 15 is 0 Å². The summed E-state index contributed by atoms with van der Waals surface area (Å²) in [4.78, 5) is 0. The molecule has 19 heavy (non-hydrogen) atoms. The molecule has 1 aromatic carbocycles. The van der Waals surface area contributed by atoms with Gasteiger partial charge in [0.15, 0.2) is 0 Å². The molecule has 0 saturated carbocycles. The molecule has 1 radical (unpaired) electrons. The minimum absolute atomic E-state index is 0. The van der Waals surface area contributed by atoms with E-state index in [0.29, 0.717) is 5.92 Å². The SMILES string of the molecule is C=CC(=C)C.Cc1ccc(C(C)C)cc1.[CH3-].[CH3-].[CH3-].[Ru+3]. The predicted molar refractivity (Wildman–Crippen MR) is 89.5 cm³/mol. The van der Waals surface area contributed by atoms with Crippen LogP contribution < -0.4 is 0 Å². The Morgan fingerprint density at radius 2 is 1.37 bits per heavy atom. The maximum Gasteiger partial charge on any atom is 3.00 e. The minimum atomic E-state index is 0. The molecular formula is C18H31Ru. The quantitative estimate of drug-likeness (QED) is 0.338. The summed E-state index contributed by atoms with van der Waals surface area (Å²) < 4.78 is 0. The Bertz CT molecular complexity index is 307. The fourth-order valence-corrected chi connectivity index (χ4v) is 0.951. The van der Waals surface area contributed by atoms with Gasteiger partial charge in [-0.05, 0) is 25.3 Å². The number of hydrogen-bond acceptors (Lipinski definition) is 0. The zero-order valence-electron chi connectivity index (χ0n) is 13.7. The molecule has 111 valence electrons. The summed E-state index contributed by atoms with van der Waals surface area (Å²) in [7, 11) is 0. The molecule has 0 atom stereocenters. The Hall–Kier alpha value is -0.677. The standard InChI is InChI=1S/C10H14.C5H8.3CH3.Ru/c1-8(2)10-6-4-9(3)5-7-10;1-4-5(2)3;;;;/h4-8H,1-3H3;4H,1-2H2,3H3;3*1H3;/q;;3*-1;+3. The third-order valence-electron chi connectivity index (χ3n) is 2.09. The topological polar surface area (TPSA) is 0 Å². The van der Waals surface area contributed by atoms with E-state index in [1.807, 2.05) is 6.92 Å². The molecule has 0 unspecified atom stereocenters. The van der Waals surface area contributed by atoms with Crippen molar-refractivity contribution in [3.8, 4) is 0 Å². The van der Waals surface area contributed by atoms with Crippen LogP contribution in [0.1, 0.15) is 37.8 Å². The molecule has 0 bridgehead atoms. The van der Waals surface area contributed by atoms with Gasteiger partial charge < -0.3 is 22.3 Å². The second-order valence-electron chi connectivity index (χ2n) is 4.12. The first-order chi connectivity index (χ1) is 6.97. The van der Waals surface area contributed by atoms with Crippen molar-refractivity contribution in [2.75, 3.05) is 0 Å². The van der Waals surface area contributed by atoms with Crippen molar-refractivity contribution in [2.45, 2.75) is 33.6 Å². The largest absolute Gasteiger partial charge is 3.00 e. The van der Waals surface area contributed by atoms with Crippen LogP contribution in [0.5, 0.6) is 0 Å². The van der Waals surface area contributed by atoms with Gasteiger partial charge in [0.2, 0.25) is 0 Å². The molecule has 0 nitrogen and oxygen atoms in total. The first kappa shape index (κ1) is 31.0. The normalized spacial score (nSPS) is 7.21. The summed E-state index contributed by atoms with van der Waals surface area (Å²) in [5.41, 5.74) is 3.78. The molecule has 0 aliphatic rings. The van der Waals surface area contributed by atoms with E-state index in [1.165, 1.54) is 11.1 Å². The number of rotatable bonds is 2. The second-order valence-corrected chi connectivity index (χ2v) is 4.12.